The normalized spacial score (nSPS) is 11.5. The minimum Gasteiger partial charge on any atom is -0.862 e. The summed E-state index contributed by atoms with van der Waals surface area (Å²) >= 11 is 0. The number of unbranched alkanes of at least 4 members (excludes halogenated alkanes) is 20. The van der Waals surface area contributed by atoms with E-state index < -0.39 is 5.97 Å². The molecule has 0 aliphatic rings. The summed E-state index contributed by atoms with van der Waals surface area (Å²) in [7, 11) is 0. The molecule has 0 aromatic heterocycles. The molecule has 190 valence electrons. The molecule has 0 amide bonds. The molecule has 0 unspecified atom stereocenters. The van der Waals surface area contributed by atoms with Crippen molar-refractivity contribution in [2.45, 2.75) is 161 Å². The topological polar surface area (TPSA) is 72.7 Å². The average molecular weight is 460 g/mol. The van der Waals surface area contributed by atoms with E-state index >= 15 is 0 Å². The summed E-state index contributed by atoms with van der Waals surface area (Å²) < 4.78 is 0. The molecule has 0 aromatic rings. The van der Waals surface area contributed by atoms with Gasteiger partial charge in [-0.25, -0.2) is 0 Å². The van der Waals surface area contributed by atoms with Crippen LogP contribution in [0.3, 0.4) is 0 Å². The number of carboxylic acid groups (broad SMARTS) is 1. The molecule has 5 heteroatoms. The van der Waals surface area contributed by atoms with Crippen LogP contribution < -0.4 is 24.0 Å². The van der Waals surface area contributed by atoms with Crippen molar-refractivity contribution in [3.63, 3.8) is 0 Å². The van der Waals surface area contributed by atoms with Crippen LogP contribution in [0.1, 0.15) is 161 Å². The first kappa shape index (κ1) is 34.7. The molecule has 0 heterocycles. The molecule has 0 radical (unpaired) electrons. The quantitative estimate of drug-likeness (QED) is 0.0834. The summed E-state index contributed by atoms with van der Waals surface area (Å²) in [5.41, 5.74) is 0. The Morgan fingerprint density at radius 1 is 0.576 bits per heavy atom. The predicted molar refractivity (Wildman–Crippen MR) is 136 cm³/mol. The maximum atomic E-state index is 11.8. The van der Waals surface area contributed by atoms with Crippen LogP contribution in [0.15, 0.2) is 4.99 Å². The fourth-order valence-corrected chi connectivity index (χ4v) is 4.20. The number of nitrogens with zero attached hydrogens (tertiary/aromatic N) is 1. The molecule has 0 rings (SSSR count). The second-order valence-corrected chi connectivity index (χ2v) is 9.59. The van der Waals surface area contributed by atoms with E-state index in [4.69, 9.17) is 5.11 Å². The second kappa shape index (κ2) is 29.6. The van der Waals surface area contributed by atoms with Crippen LogP contribution in [0.2, 0.25) is 0 Å². The van der Waals surface area contributed by atoms with E-state index in [2.05, 4.69) is 11.9 Å². The maximum Gasteiger partial charge on any atom is 1.00 e. The van der Waals surface area contributed by atoms with Gasteiger partial charge in [-0.3, -0.25) is 4.79 Å². The van der Waals surface area contributed by atoms with Crippen LogP contribution in [0.5, 0.6) is 0 Å². The number of aliphatic imine (C=N–C) groups is 1. The Labute approximate surface area is 218 Å². The van der Waals surface area contributed by atoms with E-state index in [-0.39, 0.29) is 31.2 Å². The van der Waals surface area contributed by atoms with Gasteiger partial charge in [0, 0.05) is 13.0 Å². The minimum atomic E-state index is -0.707. The van der Waals surface area contributed by atoms with Crippen molar-refractivity contribution in [2.24, 2.45) is 4.99 Å². The zero-order chi connectivity index (χ0) is 23.5. The van der Waals surface area contributed by atoms with Gasteiger partial charge in [-0.15, -0.1) is 0 Å². The number of carboxylic acids is 1. The fourth-order valence-electron chi connectivity index (χ4n) is 4.20. The van der Waals surface area contributed by atoms with Crippen LogP contribution in [0, 0.1) is 0 Å². The number of hydrogen-bond acceptors (Lipinski definition) is 3. The van der Waals surface area contributed by atoms with Crippen LogP contribution in [0.4, 0.5) is 0 Å². The van der Waals surface area contributed by atoms with Gasteiger partial charge in [0.2, 0.25) is 0 Å². The number of hydrogen-bond donors (Lipinski definition) is 1. The molecular weight excluding hydrogens is 405 g/mol. The summed E-state index contributed by atoms with van der Waals surface area (Å²) in [5, 5.41) is 20.4. The molecule has 0 aromatic carbocycles. The Kier molecular flexibility index (Phi) is 31.1. The van der Waals surface area contributed by atoms with Gasteiger partial charge >= 0.3 is 24.8 Å². The van der Waals surface area contributed by atoms with E-state index in [0.29, 0.717) is 13.0 Å². The molecule has 0 saturated heterocycles. The van der Waals surface area contributed by atoms with Crippen molar-refractivity contribution < 1.29 is 33.9 Å². The SMILES string of the molecule is CCCCCCCCCCCCCCCCCCN=C([O-])CCCCCCCCC(=O)O.[Li+]. The third kappa shape index (κ3) is 31.5. The standard InChI is InChI=1S/C28H55NO3.Li/c1-2-3-4-5-6-7-8-9-10-11-12-13-14-17-20-23-26-29-27(30)24-21-18-15-16-19-22-25-28(31)32;/h2-26H2,1H3,(H,29,30)(H,31,32);/q;+1/p-1. The largest absolute Gasteiger partial charge is 1.00 e. The Hall–Kier alpha value is -0.463. The van der Waals surface area contributed by atoms with Gasteiger partial charge in [0.25, 0.3) is 0 Å². The monoisotopic (exact) mass is 459 g/mol. The van der Waals surface area contributed by atoms with Gasteiger partial charge in [-0.05, 0) is 31.6 Å². The molecule has 0 saturated carbocycles. The minimum absolute atomic E-state index is 0. The molecule has 4 nitrogen and oxygen atoms in total. The van der Waals surface area contributed by atoms with Gasteiger partial charge in [-0.1, -0.05) is 129 Å². The molecule has 1 N–H and O–H groups in total. The molecule has 0 aliphatic carbocycles. The smallest absolute Gasteiger partial charge is 0.862 e. The third-order valence-electron chi connectivity index (χ3n) is 6.33. The van der Waals surface area contributed by atoms with Crippen LogP contribution >= 0.6 is 0 Å². The Balaban J connectivity index is 0. The van der Waals surface area contributed by atoms with Crippen LogP contribution in [-0.4, -0.2) is 23.5 Å². The van der Waals surface area contributed by atoms with E-state index in [1.54, 1.807) is 0 Å². The van der Waals surface area contributed by atoms with Crippen LogP contribution in [-0.2, 0) is 4.79 Å². The third-order valence-corrected chi connectivity index (χ3v) is 6.33. The Morgan fingerprint density at radius 2 is 0.909 bits per heavy atom. The van der Waals surface area contributed by atoms with Crippen molar-refractivity contribution in [1.29, 1.82) is 0 Å². The van der Waals surface area contributed by atoms with Crippen molar-refractivity contribution in [1.82, 2.24) is 0 Å². The zero-order valence-corrected chi connectivity index (χ0v) is 22.4. The molecule has 0 spiro atoms. The summed E-state index contributed by atoms with van der Waals surface area (Å²) in [6.07, 6.45) is 28.5. The molecule has 0 fully saturated rings. The number of aliphatic carboxylic acids is 1. The molecule has 0 bridgehead atoms. The number of rotatable bonds is 26. The molecule has 33 heavy (non-hydrogen) atoms. The summed E-state index contributed by atoms with van der Waals surface area (Å²) in [6, 6.07) is 0. The zero-order valence-electron chi connectivity index (χ0n) is 22.4. The first-order valence-corrected chi connectivity index (χ1v) is 14.1. The summed E-state index contributed by atoms with van der Waals surface area (Å²) in [4.78, 5) is 14.6. The van der Waals surface area contributed by atoms with Gasteiger partial charge in [0.05, 0.1) is 0 Å². The number of carbonyl (C=O) groups is 1. The van der Waals surface area contributed by atoms with Gasteiger partial charge in [0.1, 0.15) is 0 Å². The first-order valence-electron chi connectivity index (χ1n) is 14.1. The van der Waals surface area contributed by atoms with E-state index in [9.17, 15) is 9.90 Å². The van der Waals surface area contributed by atoms with Crippen molar-refractivity contribution in [3.05, 3.63) is 0 Å². The first-order chi connectivity index (χ1) is 15.7. The van der Waals surface area contributed by atoms with Crippen molar-refractivity contribution in [2.75, 3.05) is 6.54 Å². The van der Waals surface area contributed by atoms with E-state index in [1.165, 1.54) is 96.3 Å². The van der Waals surface area contributed by atoms with Crippen molar-refractivity contribution >= 4 is 11.9 Å². The van der Waals surface area contributed by atoms with Gasteiger partial charge in [-0.2, -0.15) is 0 Å². The Morgan fingerprint density at radius 3 is 1.30 bits per heavy atom. The molecule has 0 aliphatic heterocycles. The fraction of sp³-hybridized carbons (Fsp3) is 0.929. The summed E-state index contributed by atoms with van der Waals surface area (Å²) in [6.45, 7) is 2.98. The van der Waals surface area contributed by atoms with E-state index in [0.717, 1.165) is 44.9 Å². The molecule has 0 atom stereocenters. The summed E-state index contributed by atoms with van der Waals surface area (Å²) in [5.74, 6) is -0.640. The Bertz CT molecular complexity index is 429. The average Bonchev–Trinajstić information content (AvgIpc) is 2.77. The predicted octanol–water partition coefficient (Wildman–Crippen LogP) is 5.22. The van der Waals surface area contributed by atoms with Crippen LogP contribution in [0.25, 0.3) is 0 Å². The van der Waals surface area contributed by atoms with E-state index in [1.807, 2.05) is 0 Å². The maximum absolute atomic E-state index is 11.8. The van der Waals surface area contributed by atoms with Gasteiger partial charge < -0.3 is 15.2 Å². The van der Waals surface area contributed by atoms with Gasteiger partial charge in [0.15, 0.2) is 0 Å². The van der Waals surface area contributed by atoms with Crippen molar-refractivity contribution in [3.8, 4) is 0 Å². The second-order valence-electron chi connectivity index (χ2n) is 9.59. The molecular formula is C28H54LiNO3.